The molecule has 0 saturated carbocycles. The van der Waals surface area contributed by atoms with E-state index in [1.807, 2.05) is 0 Å². The minimum absolute atomic E-state index is 0.122. The van der Waals surface area contributed by atoms with Crippen LogP contribution in [0.25, 0.3) is 0 Å². The summed E-state index contributed by atoms with van der Waals surface area (Å²) in [4.78, 5) is 4.59. The summed E-state index contributed by atoms with van der Waals surface area (Å²) in [6, 6.07) is 4.25. The van der Waals surface area contributed by atoms with Crippen LogP contribution in [0, 0.1) is 0 Å². The summed E-state index contributed by atoms with van der Waals surface area (Å²) in [5.41, 5.74) is 2.51. The molecule has 3 heteroatoms. The van der Waals surface area contributed by atoms with E-state index in [2.05, 4.69) is 57.1 Å². The number of rotatable bonds is 8. The maximum absolute atomic E-state index is 5.77. The Morgan fingerprint density at radius 2 is 1.90 bits per heavy atom. The average molecular weight is 278 g/mol. The van der Waals surface area contributed by atoms with Crippen molar-refractivity contribution in [3.63, 3.8) is 0 Å². The molecule has 1 rings (SSSR count). The zero-order chi connectivity index (χ0) is 15.0. The summed E-state index contributed by atoms with van der Waals surface area (Å²) in [5, 5.41) is 3.52. The predicted molar refractivity (Wildman–Crippen MR) is 85.2 cm³/mol. The van der Waals surface area contributed by atoms with E-state index in [-0.39, 0.29) is 5.54 Å². The van der Waals surface area contributed by atoms with Crippen molar-refractivity contribution < 1.29 is 4.74 Å². The number of unbranched alkanes of at least 4 members (excludes halogenated alkanes) is 1. The van der Waals surface area contributed by atoms with Crippen molar-refractivity contribution in [1.29, 1.82) is 0 Å². The molecule has 0 fully saturated rings. The van der Waals surface area contributed by atoms with Crippen LogP contribution in [0.3, 0.4) is 0 Å². The highest BCUT2D eigenvalue weighted by Gasteiger charge is 2.10. The molecule has 0 aliphatic carbocycles. The minimum atomic E-state index is 0.122. The first-order valence-electron chi connectivity index (χ1n) is 7.82. The predicted octanol–water partition coefficient (Wildman–Crippen LogP) is 4.10. The molecular weight excluding hydrogens is 248 g/mol. The molecule has 0 radical (unpaired) electrons. The Hall–Kier alpha value is -1.09. The molecule has 0 aliphatic heterocycles. The fraction of sp³-hybridized carbons (Fsp3) is 0.706. The molecular formula is C17H30N2O. The van der Waals surface area contributed by atoms with Gasteiger partial charge in [-0.15, -0.1) is 0 Å². The molecule has 0 unspecified atom stereocenters. The van der Waals surface area contributed by atoms with Gasteiger partial charge in [0.25, 0.3) is 0 Å². The third-order valence-corrected chi connectivity index (χ3v) is 2.99. The topological polar surface area (TPSA) is 34.1 Å². The van der Waals surface area contributed by atoms with Gasteiger partial charge in [-0.05, 0) is 45.2 Å². The molecule has 20 heavy (non-hydrogen) atoms. The van der Waals surface area contributed by atoms with Crippen LogP contribution >= 0.6 is 0 Å². The van der Waals surface area contributed by atoms with Gasteiger partial charge >= 0.3 is 0 Å². The van der Waals surface area contributed by atoms with Gasteiger partial charge in [0.15, 0.2) is 0 Å². The van der Waals surface area contributed by atoms with Crippen molar-refractivity contribution in [2.75, 3.05) is 6.61 Å². The molecule has 1 N–H and O–H groups in total. The average Bonchev–Trinajstić information content (AvgIpc) is 2.36. The number of aromatic nitrogens is 1. The molecule has 0 spiro atoms. The molecule has 0 amide bonds. The third-order valence-electron chi connectivity index (χ3n) is 2.99. The van der Waals surface area contributed by atoms with Crippen molar-refractivity contribution >= 4 is 0 Å². The smallest absolute Gasteiger partial charge is 0.213 e. The first-order valence-corrected chi connectivity index (χ1v) is 7.82. The molecule has 1 aromatic heterocycles. The number of pyridine rings is 1. The summed E-state index contributed by atoms with van der Waals surface area (Å²) in [6.07, 6.45) is 4.34. The van der Waals surface area contributed by atoms with Gasteiger partial charge in [-0.3, -0.25) is 0 Å². The Morgan fingerprint density at radius 1 is 1.15 bits per heavy atom. The van der Waals surface area contributed by atoms with E-state index < -0.39 is 0 Å². The summed E-state index contributed by atoms with van der Waals surface area (Å²) >= 11 is 0. The number of hydrogen-bond acceptors (Lipinski definition) is 3. The van der Waals surface area contributed by atoms with Crippen LogP contribution in [0.2, 0.25) is 0 Å². The molecule has 0 bridgehead atoms. The van der Waals surface area contributed by atoms with Gasteiger partial charge in [0, 0.05) is 23.8 Å². The Bertz CT molecular complexity index is 396. The Balaban J connectivity index is 2.75. The number of nitrogens with zero attached hydrogens (tertiary/aromatic N) is 1. The van der Waals surface area contributed by atoms with E-state index in [0.717, 1.165) is 50.4 Å². The molecule has 0 aliphatic rings. The quantitative estimate of drug-likeness (QED) is 0.727. The van der Waals surface area contributed by atoms with Crippen LogP contribution < -0.4 is 10.1 Å². The largest absolute Gasteiger partial charge is 0.478 e. The lowest BCUT2D eigenvalue weighted by molar-refractivity contribution is 0.296. The number of hydrogen-bond donors (Lipinski definition) is 1. The lowest BCUT2D eigenvalue weighted by Gasteiger charge is -2.21. The second kappa shape index (κ2) is 8.25. The van der Waals surface area contributed by atoms with Crippen molar-refractivity contribution in [3.8, 4) is 5.88 Å². The molecule has 1 aromatic rings. The van der Waals surface area contributed by atoms with Gasteiger partial charge in [-0.25, -0.2) is 4.98 Å². The molecule has 0 aromatic carbocycles. The minimum Gasteiger partial charge on any atom is -0.478 e. The van der Waals surface area contributed by atoms with Gasteiger partial charge in [-0.1, -0.05) is 26.7 Å². The maximum Gasteiger partial charge on any atom is 0.213 e. The third kappa shape index (κ3) is 6.90. The number of ether oxygens (including phenoxy) is 1. The first kappa shape index (κ1) is 17.0. The molecule has 0 atom stereocenters. The van der Waals surface area contributed by atoms with Gasteiger partial charge < -0.3 is 10.1 Å². The molecule has 114 valence electrons. The fourth-order valence-corrected chi connectivity index (χ4v) is 1.87. The first-order chi connectivity index (χ1) is 9.44. The lowest BCUT2D eigenvalue weighted by atomic mass is 10.1. The van der Waals surface area contributed by atoms with Gasteiger partial charge in [0.1, 0.15) is 0 Å². The highest BCUT2D eigenvalue weighted by molar-refractivity contribution is 5.25. The van der Waals surface area contributed by atoms with E-state index in [9.17, 15) is 0 Å². The zero-order valence-corrected chi connectivity index (χ0v) is 13.8. The van der Waals surface area contributed by atoms with Gasteiger partial charge in [0.05, 0.1) is 6.61 Å². The number of nitrogens with one attached hydrogen (secondary N) is 1. The SMILES string of the molecule is CCCCOc1cc(CNC(C)(C)C)cc(CCC)n1. The van der Waals surface area contributed by atoms with Crippen LogP contribution in [0.1, 0.15) is 65.1 Å². The van der Waals surface area contributed by atoms with Crippen LogP contribution in [0.15, 0.2) is 12.1 Å². The Morgan fingerprint density at radius 3 is 2.50 bits per heavy atom. The van der Waals surface area contributed by atoms with E-state index in [1.165, 1.54) is 5.56 Å². The van der Waals surface area contributed by atoms with E-state index in [1.54, 1.807) is 0 Å². The number of aryl methyl sites for hydroxylation is 1. The van der Waals surface area contributed by atoms with Gasteiger partial charge in [0.2, 0.25) is 5.88 Å². The monoisotopic (exact) mass is 278 g/mol. The Labute approximate surface area is 124 Å². The van der Waals surface area contributed by atoms with Crippen LogP contribution in [0.4, 0.5) is 0 Å². The normalized spacial score (nSPS) is 11.7. The van der Waals surface area contributed by atoms with E-state index in [0.29, 0.717) is 0 Å². The highest BCUT2D eigenvalue weighted by atomic mass is 16.5. The summed E-state index contributed by atoms with van der Waals surface area (Å²) < 4.78 is 5.77. The maximum atomic E-state index is 5.77. The van der Waals surface area contributed by atoms with E-state index >= 15 is 0 Å². The second-order valence-electron chi connectivity index (χ2n) is 6.36. The van der Waals surface area contributed by atoms with Gasteiger partial charge in [-0.2, -0.15) is 0 Å². The van der Waals surface area contributed by atoms with Crippen LogP contribution in [-0.2, 0) is 13.0 Å². The van der Waals surface area contributed by atoms with Crippen molar-refractivity contribution in [3.05, 3.63) is 23.4 Å². The summed E-state index contributed by atoms with van der Waals surface area (Å²) in [5.74, 6) is 0.773. The lowest BCUT2D eigenvalue weighted by Crippen LogP contribution is -2.35. The van der Waals surface area contributed by atoms with Crippen molar-refractivity contribution in [2.45, 2.75) is 72.4 Å². The zero-order valence-electron chi connectivity index (χ0n) is 13.8. The van der Waals surface area contributed by atoms with Crippen molar-refractivity contribution in [1.82, 2.24) is 10.3 Å². The van der Waals surface area contributed by atoms with Crippen molar-refractivity contribution in [2.24, 2.45) is 0 Å². The molecule has 0 saturated heterocycles. The van der Waals surface area contributed by atoms with E-state index in [4.69, 9.17) is 4.74 Å². The standard InChI is InChI=1S/C17H30N2O/c1-6-8-10-20-16-12-14(13-18-17(3,4)5)11-15(19-16)9-7-2/h11-12,18H,6-10,13H2,1-5H3. The fourth-order valence-electron chi connectivity index (χ4n) is 1.87. The summed E-state index contributed by atoms with van der Waals surface area (Å²) in [6.45, 7) is 12.5. The highest BCUT2D eigenvalue weighted by Crippen LogP contribution is 2.15. The Kier molecular flexibility index (Phi) is 7.00. The van der Waals surface area contributed by atoms with Crippen LogP contribution in [0.5, 0.6) is 5.88 Å². The second-order valence-corrected chi connectivity index (χ2v) is 6.36. The summed E-state index contributed by atoms with van der Waals surface area (Å²) in [7, 11) is 0. The molecule has 1 heterocycles. The van der Waals surface area contributed by atoms with Crippen LogP contribution in [-0.4, -0.2) is 17.1 Å². The molecule has 3 nitrogen and oxygen atoms in total.